The van der Waals surface area contributed by atoms with Crippen LogP contribution in [0, 0.1) is 52.3 Å². The van der Waals surface area contributed by atoms with E-state index in [1.807, 2.05) is 0 Å². The van der Waals surface area contributed by atoms with Gasteiger partial charge in [-0.1, -0.05) is 39.3 Å². The van der Waals surface area contributed by atoms with E-state index in [2.05, 4.69) is 37.8 Å². The van der Waals surface area contributed by atoms with Crippen LogP contribution < -0.4 is 5.76 Å². The maximum atomic E-state index is 11.8. The van der Waals surface area contributed by atoms with Gasteiger partial charge in [0.2, 0.25) is 0 Å². The van der Waals surface area contributed by atoms with Gasteiger partial charge in [0, 0.05) is 6.42 Å². The van der Waals surface area contributed by atoms with E-state index in [1.165, 1.54) is 0 Å². The first-order valence-corrected chi connectivity index (χ1v) is 13.2. The van der Waals surface area contributed by atoms with Crippen molar-refractivity contribution < 1.29 is 19.8 Å². The van der Waals surface area contributed by atoms with Gasteiger partial charge in [0.05, 0.1) is 18.3 Å². The lowest BCUT2D eigenvalue weighted by Gasteiger charge is -2.66. The minimum Gasteiger partial charge on any atom is -0.393 e. The highest BCUT2D eigenvalue weighted by molar-refractivity contribution is 5.16. The number of aromatic amines is 1. The summed E-state index contributed by atoms with van der Waals surface area (Å²) in [4.78, 5) is 14.1. The molecule has 0 aliphatic heterocycles. The van der Waals surface area contributed by atoms with E-state index in [0.29, 0.717) is 30.0 Å². The van der Waals surface area contributed by atoms with Gasteiger partial charge in [-0.2, -0.15) is 0 Å². The van der Waals surface area contributed by atoms with E-state index in [9.17, 15) is 20.1 Å². The van der Waals surface area contributed by atoms with Gasteiger partial charge in [-0.05, 0) is 90.8 Å². The summed E-state index contributed by atoms with van der Waals surface area (Å²) in [5, 5.41) is 37.8. The van der Waals surface area contributed by atoms with Gasteiger partial charge < -0.3 is 15.3 Å². The third kappa shape index (κ3) is 3.48. The van der Waals surface area contributed by atoms with E-state index in [-0.39, 0.29) is 40.6 Å². The Balaban J connectivity index is 1.46. The molecule has 4 saturated carbocycles. The van der Waals surface area contributed by atoms with Gasteiger partial charge in [0.1, 0.15) is 0 Å². The van der Waals surface area contributed by atoms with Gasteiger partial charge in [-0.3, -0.25) is 9.51 Å². The molecule has 4 aliphatic carbocycles. The first-order chi connectivity index (χ1) is 15.6. The van der Waals surface area contributed by atoms with Gasteiger partial charge in [0.25, 0.3) is 0 Å². The summed E-state index contributed by atoms with van der Waals surface area (Å²) in [6, 6.07) is 0. The molecule has 4 fully saturated rings. The molecule has 1 heterocycles. The van der Waals surface area contributed by atoms with Crippen LogP contribution in [0.25, 0.3) is 0 Å². The molecule has 186 valence electrons. The first-order valence-electron chi connectivity index (χ1n) is 13.2. The maximum Gasteiger partial charge on any atom is 0.438 e. The molecular formula is C26H42N2O5. The summed E-state index contributed by atoms with van der Waals surface area (Å²) in [7, 11) is 0. The Bertz CT molecular complexity index is 914. The number of hydrogen-bond donors (Lipinski definition) is 4. The number of hydrogen-bond acceptors (Lipinski definition) is 6. The average molecular weight is 463 g/mol. The standard InChI is InChI=1S/C26H42N2O5/c1-5-15-18-11-14(29)8-9-25(18,3)22-19(30)12-26(4)16(6-7-17(26)21(22)23(15)31)13(2)10-20-27-24(32)33-28-20/h13-19,21-23,29-31H,5-12H2,1-4H3,(H,27,28,32)/t13-,14-,15-,16-,17?,18?,19+,21?,22?,23-,25+,26-/m1/s1. The SMILES string of the molecule is CC[C@@H]1C2C[C@H](O)CC[C@]2(C)C2C(C3CC[C@H]([C@H](C)Cc4noc(=O)[nH]4)[C@@]3(C)C[C@@H]2O)[C@@H]1O. The lowest BCUT2D eigenvalue weighted by Crippen LogP contribution is -2.65. The predicted molar refractivity (Wildman–Crippen MR) is 123 cm³/mol. The van der Waals surface area contributed by atoms with Crippen LogP contribution in [0.5, 0.6) is 0 Å². The number of aliphatic hydroxyl groups is 3. The molecule has 33 heavy (non-hydrogen) atoms. The first kappa shape index (κ1) is 23.6. The number of aromatic nitrogens is 2. The third-order valence-corrected chi connectivity index (χ3v) is 11.1. The molecule has 0 spiro atoms. The van der Waals surface area contributed by atoms with Crippen LogP contribution in [0.2, 0.25) is 0 Å². The van der Waals surface area contributed by atoms with Crippen molar-refractivity contribution in [2.24, 2.45) is 52.3 Å². The fourth-order valence-electron chi connectivity index (χ4n) is 9.84. The molecule has 1 aromatic heterocycles. The Labute approximate surface area is 196 Å². The highest BCUT2D eigenvalue weighted by Gasteiger charge is 2.67. The lowest BCUT2D eigenvalue weighted by molar-refractivity contribution is -0.235. The highest BCUT2D eigenvalue weighted by atomic mass is 16.5. The van der Waals surface area contributed by atoms with E-state index in [1.54, 1.807) is 0 Å². The molecule has 5 rings (SSSR count). The zero-order chi connectivity index (χ0) is 23.7. The fourth-order valence-corrected chi connectivity index (χ4v) is 9.84. The summed E-state index contributed by atoms with van der Waals surface area (Å²) in [6.45, 7) is 9.07. The van der Waals surface area contributed by atoms with Crippen molar-refractivity contribution in [3.63, 3.8) is 0 Å². The Morgan fingerprint density at radius 2 is 1.91 bits per heavy atom. The quantitative estimate of drug-likeness (QED) is 0.546. The van der Waals surface area contributed by atoms with Gasteiger partial charge in [-0.25, -0.2) is 4.79 Å². The Morgan fingerprint density at radius 1 is 1.15 bits per heavy atom. The molecule has 0 amide bonds. The normalized spacial score (nSPS) is 50.3. The molecule has 4 unspecified atom stereocenters. The van der Waals surface area contributed by atoms with Crippen molar-refractivity contribution >= 4 is 0 Å². The van der Waals surface area contributed by atoms with Crippen molar-refractivity contribution in [3.8, 4) is 0 Å². The van der Waals surface area contributed by atoms with E-state index >= 15 is 0 Å². The van der Waals surface area contributed by atoms with Crippen molar-refractivity contribution in [1.82, 2.24) is 10.1 Å². The largest absolute Gasteiger partial charge is 0.438 e. The fraction of sp³-hybridized carbons (Fsp3) is 0.923. The van der Waals surface area contributed by atoms with Crippen LogP contribution in [-0.2, 0) is 6.42 Å². The van der Waals surface area contributed by atoms with Gasteiger partial charge in [-0.15, -0.1) is 0 Å². The van der Waals surface area contributed by atoms with E-state index < -0.39 is 18.0 Å². The summed E-state index contributed by atoms with van der Waals surface area (Å²) < 4.78 is 4.70. The summed E-state index contributed by atoms with van der Waals surface area (Å²) in [5.74, 6) is 1.77. The molecule has 0 bridgehead atoms. The molecule has 0 aromatic carbocycles. The van der Waals surface area contributed by atoms with E-state index in [4.69, 9.17) is 4.52 Å². The minimum atomic E-state index is -0.514. The zero-order valence-corrected chi connectivity index (χ0v) is 20.5. The van der Waals surface area contributed by atoms with Crippen molar-refractivity contribution in [1.29, 1.82) is 0 Å². The molecule has 12 atom stereocenters. The number of nitrogens with zero attached hydrogens (tertiary/aromatic N) is 1. The summed E-state index contributed by atoms with van der Waals surface area (Å²) in [5.41, 5.74) is -0.0882. The zero-order valence-electron chi connectivity index (χ0n) is 20.5. The third-order valence-electron chi connectivity index (χ3n) is 11.1. The Hall–Kier alpha value is -1.18. The molecule has 1 aromatic rings. The lowest BCUT2D eigenvalue weighted by atomic mass is 9.40. The molecule has 7 heteroatoms. The van der Waals surface area contributed by atoms with Crippen molar-refractivity contribution in [3.05, 3.63) is 16.4 Å². The predicted octanol–water partition coefficient (Wildman–Crippen LogP) is 3.14. The summed E-state index contributed by atoms with van der Waals surface area (Å²) >= 11 is 0. The van der Waals surface area contributed by atoms with Crippen molar-refractivity contribution in [2.45, 2.75) is 97.4 Å². The second kappa shape index (κ2) is 8.20. The van der Waals surface area contributed by atoms with Crippen molar-refractivity contribution in [2.75, 3.05) is 0 Å². The second-order valence-electron chi connectivity index (χ2n) is 12.5. The minimum absolute atomic E-state index is 0.0333. The number of nitrogens with one attached hydrogen (secondary N) is 1. The van der Waals surface area contributed by atoms with Crippen LogP contribution in [0.15, 0.2) is 9.32 Å². The highest BCUT2D eigenvalue weighted by Crippen LogP contribution is 2.69. The van der Waals surface area contributed by atoms with Crippen LogP contribution in [-0.4, -0.2) is 43.8 Å². The van der Waals surface area contributed by atoms with Gasteiger partial charge >= 0.3 is 5.76 Å². The van der Waals surface area contributed by atoms with Crippen LogP contribution >= 0.6 is 0 Å². The molecule has 4 aliphatic rings. The molecule has 7 nitrogen and oxygen atoms in total. The van der Waals surface area contributed by atoms with E-state index in [0.717, 1.165) is 44.9 Å². The monoisotopic (exact) mass is 462 g/mol. The number of H-pyrrole nitrogens is 1. The smallest absolute Gasteiger partial charge is 0.393 e. The molecular weight excluding hydrogens is 420 g/mol. The van der Waals surface area contributed by atoms with Crippen LogP contribution in [0.4, 0.5) is 0 Å². The number of aliphatic hydroxyl groups excluding tert-OH is 3. The summed E-state index contributed by atoms with van der Waals surface area (Å²) in [6.07, 6.45) is 5.81. The Kier molecular flexibility index (Phi) is 5.85. The maximum absolute atomic E-state index is 11.8. The molecule has 4 N–H and O–H groups in total. The molecule has 0 saturated heterocycles. The van der Waals surface area contributed by atoms with Crippen LogP contribution in [0.1, 0.15) is 78.5 Å². The van der Waals surface area contributed by atoms with Crippen LogP contribution in [0.3, 0.4) is 0 Å². The second-order valence-corrected chi connectivity index (χ2v) is 12.5. The average Bonchev–Trinajstić information content (AvgIpc) is 3.31. The number of rotatable bonds is 4. The topological polar surface area (TPSA) is 120 Å². The molecule has 0 radical (unpaired) electrons. The number of fused-ring (bicyclic) bond motifs is 5. The van der Waals surface area contributed by atoms with Gasteiger partial charge in [0.15, 0.2) is 5.82 Å². The Morgan fingerprint density at radius 3 is 2.58 bits per heavy atom.